The Bertz CT molecular complexity index is 317. The van der Waals surface area contributed by atoms with E-state index in [-0.39, 0.29) is 17.6 Å². The van der Waals surface area contributed by atoms with E-state index in [9.17, 15) is 9.90 Å². The van der Waals surface area contributed by atoms with E-state index in [0.717, 1.165) is 12.8 Å². The van der Waals surface area contributed by atoms with Crippen molar-refractivity contribution in [2.75, 3.05) is 0 Å². The first-order chi connectivity index (χ1) is 9.20. The topological polar surface area (TPSA) is 37.3 Å². The number of allylic oxidation sites excluding steroid dienone is 4. The predicted octanol–water partition coefficient (Wildman–Crippen LogP) is 4.05. The molecule has 0 fully saturated rings. The summed E-state index contributed by atoms with van der Waals surface area (Å²) in [6.07, 6.45) is 15.1. The van der Waals surface area contributed by atoms with Crippen LogP contribution in [0.2, 0.25) is 0 Å². The quantitative estimate of drug-likeness (QED) is 0.504. The lowest BCUT2D eigenvalue weighted by molar-refractivity contribution is -0.121. The monoisotopic (exact) mass is 264 g/mol. The van der Waals surface area contributed by atoms with E-state index in [4.69, 9.17) is 0 Å². The minimum Gasteiger partial charge on any atom is -0.392 e. The number of hydrogen-bond acceptors (Lipinski definition) is 2. The van der Waals surface area contributed by atoms with Crippen LogP contribution in [-0.4, -0.2) is 17.0 Å². The molecule has 1 aliphatic carbocycles. The molecule has 3 atom stereocenters. The van der Waals surface area contributed by atoms with E-state index in [1.807, 2.05) is 13.0 Å². The number of carbonyl (C=O) groups is 1. The van der Waals surface area contributed by atoms with Crippen molar-refractivity contribution in [1.82, 2.24) is 0 Å². The number of carbonyl (C=O) groups excluding carboxylic acids is 1. The van der Waals surface area contributed by atoms with Crippen LogP contribution in [0.1, 0.15) is 58.8 Å². The van der Waals surface area contributed by atoms with E-state index >= 15 is 0 Å². The highest BCUT2D eigenvalue weighted by Crippen LogP contribution is 2.29. The lowest BCUT2D eigenvalue weighted by Gasteiger charge is -2.21. The van der Waals surface area contributed by atoms with Gasteiger partial charge in [-0.25, -0.2) is 0 Å². The average molecular weight is 264 g/mol. The summed E-state index contributed by atoms with van der Waals surface area (Å²) < 4.78 is 0. The highest BCUT2D eigenvalue weighted by molar-refractivity contribution is 5.95. The molecule has 0 saturated heterocycles. The molecule has 0 aliphatic heterocycles. The Morgan fingerprint density at radius 3 is 2.74 bits per heavy atom. The largest absolute Gasteiger partial charge is 0.392 e. The molecule has 0 spiro atoms. The zero-order chi connectivity index (χ0) is 14.1. The number of aliphatic hydroxyl groups excluding tert-OH is 1. The van der Waals surface area contributed by atoms with Crippen LogP contribution in [0.5, 0.6) is 0 Å². The molecule has 19 heavy (non-hydrogen) atoms. The molecule has 1 N–H and O–H groups in total. The second kappa shape index (κ2) is 9.08. The van der Waals surface area contributed by atoms with Crippen LogP contribution in [0, 0.1) is 11.8 Å². The van der Waals surface area contributed by atoms with Crippen molar-refractivity contribution in [3.05, 3.63) is 24.3 Å². The summed E-state index contributed by atoms with van der Waals surface area (Å²) in [6.45, 7) is 4.25. The van der Waals surface area contributed by atoms with Crippen molar-refractivity contribution < 1.29 is 9.90 Å². The summed E-state index contributed by atoms with van der Waals surface area (Å²) in [6, 6.07) is 0. The predicted molar refractivity (Wildman–Crippen MR) is 79.9 cm³/mol. The molecule has 1 rings (SSSR count). The maximum absolute atomic E-state index is 11.8. The Hall–Kier alpha value is -0.890. The molecule has 3 unspecified atom stereocenters. The second-order valence-electron chi connectivity index (χ2n) is 5.50. The van der Waals surface area contributed by atoms with Crippen LogP contribution in [0.15, 0.2) is 24.3 Å². The van der Waals surface area contributed by atoms with Crippen LogP contribution < -0.4 is 0 Å². The van der Waals surface area contributed by atoms with Gasteiger partial charge < -0.3 is 5.11 Å². The normalized spacial score (nSPS) is 24.5. The summed E-state index contributed by atoms with van der Waals surface area (Å²) in [5.41, 5.74) is 0. The van der Waals surface area contributed by atoms with Crippen LogP contribution in [0.3, 0.4) is 0 Å². The van der Waals surface area contributed by atoms with Gasteiger partial charge in [0.2, 0.25) is 0 Å². The van der Waals surface area contributed by atoms with E-state index in [0.29, 0.717) is 6.42 Å². The lowest BCUT2D eigenvalue weighted by Crippen LogP contribution is -2.29. The van der Waals surface area contributed by atoms with Gasteiger partial charge in [0, 0.05) is 5.92 Å². The average Bonchev–Trinajstić information content (AvgIpc) is 2.75. The van der Waals surface area contributed by atoms with Crippen molar-refractivity contribution in [2.24, 2.45) is 11.8 Å². The Kier molecular flexibility index (Phi) is 7.73. The van der Waals surface area contributed by atoms with Gasteiger partial charge in [0.1, 0.15) is 0 Å². The van der Waals surface area contributed by atoms with Gasteiger partial charge in [0.15, 0.2) is 5.78 Å². The maximum Gasteiger partial charge on any atom is 0.161 e. The number of rotatable bonds is 9. The van der Waals surface area contributed by atoms with Crippen molar-refractivity contribution in [1.29, 1.82) is 0 Å². The van der Waals surface area contributed by atoms with Crippen LogP contribution in [0.4, 0.5) is 0 Å². The van der Waals surface area contributed by atoms with Gasteiger partial charge >= 0.3 is 0 Å². The van der Waals surface area contributed by atoms with E-state index in [2.05, 4.69) is 19.1 Å². The molecule has 0 saturated carbocycles. The molecular weight excluding hydrogens is 236 g/mol. The Morgan fingerprint density at radius 1 is 1.26 bits per heavy atom. The van der Waals surface area contributed by atoms with E-state index < -0.39 is 6.10 Å². The van der Waals surface area contributed by atoms with Gasteiger partial charge in [-0.05, 0) is 25.3 Å². The first-order valence-electron chi connectivity index (χ1n) is 7.77. The molecule has 2 nitrogen and oxygen atoms in total. The van der Waals surface area contributed by atoms with Gasteiger partial charge in [-0.3, -0.25) is 4.79 Å². The molecule has 0 radical (unpaired) electrons. The number of aliphatic hydroxyl groups is 1. The molecule has 0 bridgehead atoms. The van der Waals surface area contributed by atoms with Gasteiger partial charge in [-0.2, -0.15) is 0 Å². The zero-order valence-electron chi connectivity index (χ0n) is 12.3. The first-order valence-corrected chi connectivity index (χ1v) is 7.77. The minimum absolute atomic E-state index is 0.0848. The first kappa shape index (κ1) is 16.2. The van der Waals surface area contributed by atoms with Crippen molar-refractivity contribution in [3.63, 3.8) is 0 Å². The van der Waals surface area contributed by atoms with Crippen LogP contribution in [0.25, 0.3) is 0 Å². The third-order valence-electron chi connectivity index (χ3n) is 3.81. The molecule has 0 aromatic rings. The summed E-state index contributed by atoms with van der Waals surface area (Å²) >= 11 is 0. The van der Waals surface area contributed by atoms with Crippen molar-refractivity contribution >= 4 is 5.78 Å². The van der Waals surface area contributed by atoms with Gasteiger partial charge in [0.25, 0.3) is 0 Å². The number of hydrogen-bond donors (Lipinski definition) is 1. The van der Waals surface area contributed by atoms with Gasteiger partial charge in [0.05, 0.1) is 12.0 Å². The Morgan fingerprint density at radius 2 is 2.05 bits per heavy atom. The third-order valence-corrected chi connectivity index (χ3v) is 3.81. The zero-order valence-corrected chi connectivity index (χ0v) is 12.3. The molecule has 108 valence electrons. The van der Waals surface area contributed by atoms with Crippen LogP contribution in [-0.2, 0) is 4.79 Å². The summed E-state index contributed by atoms with van der Waals surface area (Å²) in [5, 5.41) is 10.1. The van der Waals surface area contributed by atoms with Gasteiger partial charge in [-0.15, -0.1) is 0 Å². The van der Waals surface area contributed by atoms with Crippen molar-refractivity contribution in [3.8, 4) is 0 Å². The van der Waals surface area contributed by atoms with Gasteiger partial charge in [-0.1, -0.05) is 57.8 Å². The summed E-state index contributed by atoms with van der Waals surface area (Å²) in [4.78, 5) is 11.8. The highest BCUT2D eigenvalue weighted by Gasteiger charge is 2.33. The molecule has 0 aromatic heterocycles. The molecule has 0 amide bonds. The molecule has 2 heteroatoms. The molecular formula is C17H28O2. The molecule has 1 aliphatic rings. The lowest BCUT2D eigenvalue weighted by atomic mass is 9.87. The minimum atomic E-state index is -0.498. The SMILES string of the molecule is CCCCCCC=CC1C=CC(=O)C1C(O)CCC. The fourth-order valence-electron chi connectivity index (χ4n) is 2.67. The Balaban J connectivity index is 2.40. The standard InChI is InChI=1S/C17H28O2/c1-3-5-6-7-8-9-11-14-12-13-16(19)17(14)15(18)10-4-2/h9,11-15,17-18H,3-8,10H2,1-2H3. The van der Waals surface area contributed by atoms with Crippen LogP contribution >= 0.6 is 0 Å². The fourth-order valence-corrected chi connectivity index (χ4v) is 2.67. The van der Waals surface area contributed by atoms with E-state index in [1.54, 1.807) is 6.08 Å². The fraction of sp³-hybridized carbons (Fsp3) is 0.706. The third kappa shape index (κ3) is 5.32. The van der Waals surface area contributed by atoms with Crippen molar-refractivity contribution in [2.45, 2.75) is 64.9 Å². The number of ketones is 1. The summed E-state index contributed by atoms with van der Waals surface area (Å²) in [5.74, 6) is -0.0614. The molecule has 0 heterocycles. The highest BCUT2D eigenvalue weighted by atomic mass is 16.3. The van der Waals surface area contributed by atoms with E-state index in [1.165, 1.54) is 25.7 Å². The smallest absolute Gasteiger partial charge is 0.161 e. The Labute approximate surface area is 117 Å². The summed E-state index contributed by atoms with van der Waals surface area (Å²) in [7, 11) is 0. The number of unbranched alkanes of at least 4 members (excludes halogenated alkanes) is 4. The maximum atomic E-state index is 11.8. The molecule has 0 aromatic carbocycles. The second-order valence-corrected chi connectivity index (χ2v) is 5.50.